The SMILES string of the molecule is C=CCOC(=O)/C=C/c1ccc(-c2ccc(Br)c(C)c2)o1. The molecule has 0 atom stereocenters. The third-order valence-corrected chi connectivity index (χ3v) is 3.69. The van der Waals surface area contributed by atoms with Crippen LogP contribution in [0.25, 0.3) is 17.4 Å². The number of halogens is 1. The Morgan fingerprint density at radius 1 is 1.38 bits per heavy atom. The standard InChI is InChI=1S/C17H15BrO3/c1-3-10-20-17(19)9-6-14-5-8-16(21-14)13-4-7-15(18)12(2)11-13/h3-9,11H,1,10H2,2H3/b9-6+. The van der Waals surface area contributed by atoms with Crippen LogP contribution in [0.5, 0.6) is 0 Å². The van der Waals surface area contributed by atoms with E-state index in [9.17, 15) is 4.79 Å². The van der Waals surface area contributed by atoms with Gasteiger partial charge in [-0.25, -0.2) is 4.79 Å². The van der Waals surface area contributed by atoms with E-state index in [0.29, 0.717) is 5.76 Å². The van der Waals surface area contributed by atoms with Crippen molar-refractivity contribution in [1.29, 1.82) is 0 Å². The van der Waals surface area contributed by atoms with E-state index in [4.69, 9.17) is 9.15 Å². The van der Waals surface area contributed by atoms with Gasteiger partial charge in [-0.3, -0.25) is 0 Å². The number of carbonyl (C=O) groups is 1. The molecule has 0 aliphatic heterocycles. The number of carbonyl (C=O) groups excluding carboxylic acids is 1. The third-order valence-electron chi connectivity index (χ3n) is 2.80. The van der Waals surface area contributed by atoms with Crippen LogP contribution >= 0.6 is 15.9 Å². The Balaban J connectivity index is 2.10. The summed E-state index contributed by atoms with van der Waals surface area (Å²) < 4.78 is 11.6. The van der Waals surface area contributed by atoms with Crippen LogP contribution < -0.4 is 0 Å². The molecular weight excluding hydrogens is 332 g/mol. The van der Waals surface area contributed by atoms with Gasteiger partial charge in [-0.05, 0) is 42.8 Å². The molecule has 1 aromatic carbocycles. The van der Waals surface area contributed by atoms with Crippen molar-refractivity contribution in [1.82, 2.24) is 0 Å². The lowest BCUT2D eigenvalue weighted by atomic mass is 10.1. The fourth-order valence-corrected chi connectivity index (χ4v) is 1.98. The zero-order chi connectivity index (χ0) is 15.2. The Morgan fingerprint density at radius 3 is 2.90 bits per heavy atom. The van der Waals surface area contributed by atoms with Crippen LogP contribution in [0.2, 0.25) is 0 Å². The second-order valence-corrected chi connectivity index (χ2v) is 5.27. The molecule has 0 spiro atoms. The number of rotatable bonds is 5. The smallest absolute Gasteiger partial charge is 0.331 e. The van der Waals surface area contributed by atoms with E-state index in [0.717, 1.165) is 21.4 Å². The highest BCUT2D eigenvalue weighted by molar-refractivity contribution is 9.10. The number of esters is 1. The Labute approximate surface area is 132 Å². The summed E-state index contributed by atoms with van der Waals surface area (Å²) in [4.78, 5) is 11.3. The summed E-state index contributed by atoms with van der Waals surface area (Å²) in [6.07, 6.45) is 4.44. The molecule has 0 bridgehead atoms. The van der Waals surface area contributed by atoms with Crippen molar-refractivity contribution in [2.24, 2.45) is 0 Å². The van der Waals surface area contributed by atoms with Gasteiger partial charge >= 0.3 is 5.97 Å². The molecule has 0 amide bonds. The first-order valence-corrected chi connectivity index (χ1v) is 7.21. The predicted octanol–water partition coefficient (Wildman–Crippen LogP) is 4.76. The Kier molecular flexibility index (Phi) is 5.17. The van der Waals surface area contributed by atoms with Gasteiger partial charge in [0.2, 0.25) is 0 Å². The molecule has 2 aromatic rings. The van der Waals surface area contributed by atoms with Gasteiger partial charge in [0.05, 0.1) is 0 Å². The second kappa shape index (κ2) is 7.09. The lowest BCUT2D eigenvalue weighted by Crippen LogP contribution is -1.99. The number of hydrogen-bond donors (Lipinski definition) is 0. The van der Waals surface area contributed by atoms with Gasteiger partial charge in [-0.1, -0.05) is 34.7 Å². The summed E-state index contributed by atoms with van der Waals surface area (Å²) >= 11 is 3.47. The van der Waals surface area contributed by atoms with Gasteiger partial charge in [0, 0.05) is 16.1 Å². The van der Waals surface area contributed by atoms with Gasteiger partial charge in [-0.2, -0.15) is 0 Å². The molecule has 3 nitrogen and oxygen atoms in total. The van der Waals surface area contributed by atoms with Gasteiger partial charge in [0.25, 0.3) is 0 Å². The van der Waals surface area contributed by atoms with E-state index in [1.54, 1.807) is 6.08 Å². The predicted molar refractivity (Wildman–Crippen MR) is 86.8 cm³/mol. The van der Waals surface area contributed by atoms with E-state index in [-0.39, 0.29) is 6.61 Å². The highest BCUT2D eigenvalue weighted by Gasteiger charge is 2.05. The topological polar surface area (TPSA) is 39.4 Å². The molecule has 2 rings (SSSR count). The largest absolute Gasteiger partial charge is 0.458 e. The fourth-order valence-electron chi connectivity index (χ4n) is 1.73. The number of hydrogen-bond acceptors (Lipinski definition) is 3. The third kappa shape index (κ3) is 4.20. The van der Waals surface area contributed by atoms with Crippen molar-refractivity contribution in [3.63, 3.8) is 0 Å². The van der Waals surface area contributed by atoms with Gasteiger partial charge in [0.15, 0.2) is 0 Å². The maximum atomic E-state index is 11.3. The van der Waals surface area contributed by atoms with Crippen molar-refractivity contribution in [2.75, 3.05) is 6.61 Å². The first-order chi connectivity index (χ1) is 10.1. The highest BCUT2D eigenvalue weighted by atomic mass is 79.9. The average Bonchev–Trinajstić information content (AvgIpc) is 2.94. The van der Waals surface area contributed by atoms with Gasteiger partial charge in [0.1, 0.15) is 18.1 Å². The van der Waals surface area contributed by atoms with E-state index in [2.05, 4.69) is 22.5 Å². The van der Waals surface area contributed by atoms with E-state index < -0.39 is 5.97 Å². The molecule has 108 valence electrons. The summed E-state index contributed by atoms with van der Waals surface area (Å²) in [5.74, 6) is 0.929. The zero-order valence-corrected chi connectivity index (χ0v) is 13.2. The quantitative estimate of drug-likeness (QED) is 0.445. The van der Waals surface area contributed by atoms with Gasteiger partial charge < -0.3 is 9.15 Å². The van der Waals surface area contributed by atoms with E-state index >= 15 is 0 Å². The molecule has 0 fully saturated rings. The van der Waals surface area contributed by atoms with Gasteiger partial charge in [-0.15, -0.1) is 0 Å². The van der Waals surface area contributed by atoms with Crippen LogP contribution in [-0.2, 0) is 9.53 Å². The second-order valence-electron chi connectivity index (χ2n) is 4.42. The first-order valence-electron chi connectivity index (χ1n) is 6.42. The molecule has 0 unspecified atom stereocenters. The summed E-state index contributed by atoms with van der Waals surface area (Å²) in [6, 6.07) is 9.67. The summed E-state index contributed by atoms with van der Waals surface area (Å²) in [7, 11) is 0. The fraction of sp³-hybridized carbons (Fsp3) is 0.118. The Bertz CT molecular complexity index is 683. The normalized spacial score (nSPS) is 10.8. The highest BCUT2D eigenvalue weighted by Crippen LogP contribution is 2.26. The molecular formula is C17H15BrO3. The molecule has 0 saturated carbocycles. The molecule has 4 heteroatoms. The number of ether oxygens (including phenoxy) is 1. The molecule has 1 heterocycles. The minimum Gasteiger partial charge on any atom is -0.458 e. The lowest BCUT2D eigenvalue weighted by Gasteiger charge is -2.01. The molecule has 0 saturated heterocycles. The summed E-state index contributed by atoms with van der Waals surface area (Å²) in [6.45, 7) is 5.70. The monoisotopic (exact) mass is 346 g/mol. The minimum absolute atomic E-state index is 0.199. The number of furan rings is 1. The molecule has 0 radical (unpaired) electrons. The van der Waals surface area contributed by atoms with Crippen molar-refractivity contribution in [3.8, 4) is 11.3 Å². The average molecular weight is 347 g/mol. The number of aryl methyl sites for hydroxylation is 1. The first kappa shape index (κ1) is 15.3. The zero-order valence-electron chi connectivity index (χ0n) is 11.6. The molecule has 0 aliphatic carbocycles. The van der Waals surface area contributed by atoms with Crippen molar-refractivity contribution < 1.29 is 13.9 Å². The van der Waals surface area contributed by atoms with Crippen LogP contribution in [0.3, 0.4) is 0 Å². The van der Waals surface area contributed by atoms with E-state index in [1.165, 1.54) is 12.2 Å². The Morgan fingerprint density at radius 2 is 2.19 bits per heavy atom. The maximum absolute atomic E-state index is 11.3. The van der Waals surface area contributed by atoms with Crippen LogP contribution in [0.4, 0.5) is 0 Å². The van der Waals surface area contributed by atoms with E-state index in [1.807, 2.05) is 37.3 Å². The van der Waals surface area contributed by atoms with Crippen LogP contribution in [-0.4, -0.2) is 12.6 Å². The van der Waals surface area contributed by atoms with Crippen LogP contribution in [0.15, 0.2) is 58.0 Å². The van der Waals surface area contributed by atoms with Crippen molar-refractivity contribution in [3.05, 3.63) is 64.9 Å². The minimum atomic E-state index is -0.424. The number of benzene rings is 1. The lowest BCUT2D eigenvalue weighted by molar-refractivity contribution is -0.136. The Hall–Kier alpha value is -2.07. The van der Waals surface area contributed by atoms with Crippen LogP contribution in [0, 0.1) is 6.92 Å². The molecule has 21 heavy (non-hydrogen) atoms. The summed E-state index contributed by atoms with van der Waals surface area (Å²) in [5.41, 5.74) is 2.12. The van der Waals surface area contributed by atoms with Crippen molar-refractivity contribution >= 4 is 28.0 Å². The molecule has 1 aromatic heterocycles. The molecule has 0 N–H and O–H groups in total. The maximum Gasteiger partial charge on any atom is 0.331 e. The van der Waals surface area contributed by atoms with Crippen LogP contribution in [0.1, 0.15) is 11.3 Å². The van der Waals surface area contributed by atoms with Crippen molar-refractivity contribution in [2.45, 2.75) is 6.92 Å². The molecule has 0 aliphatic rings. The summed E-state index contributed by atoms with van der Waals surface area (Å²) in [5, 5.41) is 0.